The second-order valence-corrected chi connectivity index (χ2v) is 8.56. The summed E-state index contributed by atoms with van der Waals surface area (Å²) in [5.41, 5.74) is 0.671. The lowest BCUT2D eigenvalue weighted by Gasteiger charge is -2.08. The summed E-state index contributed by atoms with van der Waals surface area (Å²) in [6, 6.07) is 9.30. The highest BCUT2D eigenvalue weighted by molar-refractivity contribution is 7.92. The van der Waals surface area contributed by atoms with Crippen molar-refractivity contribution in [1.29, 1.82) is 0 Å². The van der Waals surface area contributed by atoms with Crippen molar-refractivity contribution in [2.24, 2.45) is 0 Å². The van der Waals surface area contributed by atoms with Crippen molar-refractivity contribution in [3.05, 3.63) is 59.0 Å². The molecule has 1 aromatic carbocycles. The molecule has 0 bridgehead atoms. The second kappa shape index (κ2) is 6.46. The highest BCUT2D eigenvalue weighted by Crippen LogP contribution is 2.29. The number of rotatable bonds is 5. The molecule has 2 heterocycles. The predicted molar refractivity (Wildman–Crippen MR) is 92.0 cm³/mol. The van der Waals surface area contributed by atoms with Crippen LogP contribution in [-0.4, -0.2) is 24.4 Å². The molecule has 0 atom stereocenters. The van der Waals surface area contributed by atoms with Gasteiger partial charge >= 0.3 is 0 Å². The van der Waals surface area contributed by atoms with E-state index in [1.165, 1.54) is 29.7 Å². The molecule has 3 aromatic rings. The first-order chi connectivity index (χ1) is 11.4. The van der Waals surface area contributed by atoms with E-state index < -0.39 is 15.8 Å². The molecule has 3 rings (SSSR count). The number of halogens is 1. The van der Waals surface area contributed by atoms with Gasteiger partial charge in [-0.1, -0.05) is 12.1 Å². The van der Waals surface area contributed by atoms with E-state index in [9.17, 15) is 12.8 Å². The van der Waals surface area contributed by atoms with Gasteiger partial charge in [-0.3, -0.25) is 0 Å². The fraction of sp³-hybridized carbons (Fsp3) is 0.188. The summed E-state index contributed by atoms with van der Waals surface area (Å²) in [6.07, 6.45) is 1.43. The van der Waals surface area contributed by atoms with Crippen molar-refractivity contribution in [3.63, 3.8) is 0 Å². The molecule has 0 saturated carbocycles. The number of thiophene rings is 1. The van der Waals surface area contributed by atoms with Crippen LogP contribution >= 0.6 is 11.3 Å². The molecule has 0 aliphatic heterocycles. The molecule has 2 aromatic heterocycles. The van der Waals surface area contributed by atoms with Crippen LogP contribution in [0.15, 0.2) is 46.8 Å². The number of nitrogens with zero attached hydrogens (tertiary/aromatic N) is 2. The molecule has 0 radical (unpaired) electrons. The Labute approximate surface area is 143 Å². The van der Waals surface area contributed by atoms with E-state index in [4.69, 9.17) is 0 Å². The minimum Gasteiger partial charge on any atom is -0.314 e. The third-order valence-corrected chi connectivity index (χ3v) is 6.54. The van der Waals surface area contributed by atoms with E-state index in [1.54, 1.807) is 31.3 Å². The fourth-order valence-corrected chi connectivity index (χ4v) is 5.04. The van der Waals surface area contributed by atoms with Gasteiger partial charge in [0.15, 0.2) is 5.82 Å². The Morgan fingerprint density at radius 1 is 1.25 bits per heavy atom. The maximum atomic E-state index is 14.2. The lowest BCUT2D eigenvalue weighted by Crippen LogP contribution is -2.12. The molecule has 0 aliphatic carbocycles. The summed E-state index contributed by atoms with van der Waals surface area (Å²) >= 11 is 1.17. The van der Waals surface area contributed by atoms with Crippen molar-refractivity contribution >= 4 is 21.4 Å². The normalized spacial score (nSPS) is 11.8. The molecule has 5 nitrogen and oxygen atoms in total. The van der Waals surface area contributed by atoms with Gasteiger partial charge in [-0.2, -0.15) is 8.42 Å². The number of aryl methyl sites for hydroxylation is 1. The van der Waals surface area contributed by atoms with E-state index in [2.05, 4.69) is 10.3 Å². The van der Waals surface area contributed by atoms with Gasteiger partial charge in [0.25, 0.3) is 10.0 Å². The van der Waals surface area contributed by atoms with Gasteiger partial charge in [0.2, 0.25) is 0 Å². The number of hydrogen-bond donors (Lipinski definition) is 1. The first-order valence-corrected chi connectivity index (χ1v) is 9.49. The average molecular weight is 365 g/mol. The molecule has 0 unspecified atom stereocenters. The number of hydrogen-bond acceptors (Lipinski definition) is 5. The lowest BCUT2D eigenvalue weighted by atomic mass is 10.2. The summed E-state index contributed by atoms with van der Waals surface area (Å²) in [7, 11) is -2.10. The Morgan fingerprint density at radius 3 is 2.62 bits per heavy atom. The zero-order chi connectivity index (χ0) is 17.3. The topological polar surface area (TPSA) is 64.0 Å². The lowest BCUT2D eigenvalue weighted by molar-refractivity contribution is 0.589. The highest BCUT2D eigenvalue weighted by Gasteiger charge is 2.25. The van der Waals surface area contributed by atoms with Crippen LogP contribution < -0.4 is 5.32 Å². The van der Waals surface area contributed by atoms with Crippen LogP contribution in [-0.2, 0) is 16.6 Å². The molecular weight excluding hydrogens is 349 g/mol. The third kappa shape index (κ3) is 3.00. The summed E-state index contributed by atoms with van der Waals surface area (Å²) in [5, 5.41) is 2.92. The number of imidazole rings is 1. The molecule has 0 saturated heterocycles. The van der Waals surface area contributed by atoms with Crippen LogP contribution in [0.25, 0.3) is 11.4 Å². The molecule has 0 aliphatic rings. The fourth-order valence-electron chi connectivity index (χ4n) is 2.33. The van der Waals surface area contributed by atoms with Gasteiger partial charge in [0, 0.05) is 17.6 Å². The quantitative estimate of drug-likeness (QED) is 0.755. The van der Waals surface area contributed by atoms with Gasteiger partial charge in [-0.05, 0) is 38.2 Å². The Morgan fingerprint density at radius 2 is 2.00 bits per heavy atom. The van der Waals surface area contributed by atoms with Crippen molar-refractivity contribution in [2.45, 2.75) is 17.7 Å². The second-order valence-electron chi connectivity index (χ2n) is 5.23. The van der Waals surface area contributed by atoms with E-state index in [0.29, 0.717) is 12.2 Å². The Hall–Kier alpha value is -2.03. The van der Waals surface area contributed by atoms with E-state index in [0.717, 1.165) is 8.85 Å². The monoisotopic (exact) mass is 365 g/mol. The van der Waals surface area contributed by atoms with Gasteiger partial charge < -0.3 is 5.32 Å². The number of nitrogens with one attached hydrogen (secondary N) is 1. The van der Waals surface area contributed by atoms with Crippen LogP contribution in [0, 0.1) is 12.7 Å². The molecule has 0 fully saturated rings. The predicted octanol–water partition coefficient (Wildman–Crippen LogP) is 3.02. The van der Waals surface area contributed by atoms with Crippen molar-refractivity contribution in [2.75, 3.05) is 7.05 Å². The van der Waals surface area contributed by atoms with Gasteiger partial charge in [0.05, 0.1) is 11.3 Å². The SMILES string of the molecule is CNCc1cn(S(=O)(=O)c2ccc(C)s2)c(-c2ccccc2F)n1. The standard InChI is InChI=1S/C16H16FN3O2S2/c1-11-7-8-15(23-11)24(21,22)20-10-12(9-18-2)19-16(20)13-5-3-4-6-14(13)17/h3-8,10,18H,9H2,1-2H3. The van der Waals surface area contributed by atoms with E-state index >= 15 is 0 Å². The van der Waals surface area contributed by atoms with Crippen LogP contribution in [0.3, 0.4) is 0 Å². The summed E-state index contributed by atoms with van der Waals surface area (Å²) in [6.45, 7) is 2.22. The third-order valence-electron chi connectivity index (χ3n) is 3.43. The van der Waals surface area contributed by atoms with Crippen molar-refractivity contribution in [1.82, 2.24) is 14.3 Å². The molecule has 0 spiro atoms. The van der Waals surface area contributed by atoms with E-state index in [1.807, 2.05) is 6.92 Å². The highest BCUT2D eigenvalue weighted by atomic mass is 32.2. The molecule has 126 valence electrons. The van der Waals surface area contributed by atoms with Crippen molar-refractivity contribution < 1.29 is 12.8 Å². The largest absolute Gasteiger partial charge is 0.314 e. The summed E-state index contributed by atoms with van der Waals surface area (Å²) in [5.74, 6) is -0.442. The Balaban J connectivity index is 2.22. The first kappa shape index (κ1) is 16.8. The molecule has 8 heteroatoms. The summed E-state index contributed by atoms with van der Waals surface area (Å²) < 4.78 is 41.4. The first-order valence-electron chi connectivity index (χ1n) is 7.23. The molecule has 24 heavy (non-hydrogen) atoms. The smallest absolute Gasteiger partial charge is 0.278 e. The molecular formula is C16H16FN3O2S2. The van der Waals surface area contributed by atoms with E-state index in [-0.39, 0.29) is 15.6 Å². The Kier molecular flexibility index (Phi) is 4.53. The minimum atomic E-state index is -3.83. The van der Waals surface area contributed by atoms with Crippen LogP contribution in [0.1, 0.15) is 10.6 Å². The minimum absolute atomic E-state index is 0.0735. The maximum absolute atomic E-state index is 14.2. The molecule has 0 amide bonds. The zero-order valence-corrected chi connectivity index (χ0v) is 14.8. The number of benzene rings is 1. The van der Waals surface area contributed by atoms with Crippen molar-refractivity contribution in [3.8, 4) is 11.4 Å². The van der Waals surface area contributed by atoms with Gasteiger partial charge in [-0.15, -0.1) is 11.3 Å². The zero-order valence-electron chi connectivity index (χ0n) is 13.2. The van der Waals surface area contributed by atoms with Gasteiger partial charge in [-0.25, -0.2) is 13.3 Å². The van der Waals surface area contributed by atoms with Crippen LogP contribution in [0.5, 0.6) is 0 Å². The van der Waals surface area contributed by atoms with Crippen LogP contribution in [0.2, 0.25) is 0 Å². The molecule has 1 N–H and O–H groups in total. The maximum Gasteiger partial charge on any atom is 0.278 e. The number of aromatic nitrogens is 2. The van der Waals surface area contributed by atoms with Crippen LogP contribution in [0.4, 0.5) is 4.39 Å². The Bertz CT molecular complexity index is 977. The average Bonchev–Trinajstić information content (AvgIpc) is 3.15. The van der Waals surface area contributed by atoms with Gasteiger partial charge in [0.1, 0.15) is 10.0 Å². The summed E-state index contributed by atoms with van der Waals surface area (Å²) in [4.78, 5) is 5.20.